The average molecular weight is 507 g/mol. The van der Waals surface area contributed by atoms with Crippen LogP contribution in [0.1, 0.15) is 5.56 Å². The summed E-state index contributed by atoms with van der Waals surface area (Å²) in [6, 6.07) is 8.48. The number of nitrogens with zero attached hydrogens (tertiary/aromatic N) is 5. The number of ether oxygens (including phenoxy) is 1. The third-order valence-electron chi connectivity index (χ3n) is 4.49. The van der Waals surface area contributed by atoms with Crippen LogP contribution in [0.2, 0.25) is 10.0 Å². The second kappa shape index (κ2) is 9.17. The molecule has 2 heterocycles. The Balaban J connectivity index is 1.61. The Bertz CT molecular complexity index is 1450. The van der Waals surface area contributed by atoms with Gasteiger partial charge in [-0.25, -0.2) is 9.53 Å². The van der Waals surface area contributed by atoms with Crippen molar-refractivity contribution < 1.29 is 22.7 Å². The van der Waals surface area contributed by atoms with E-state index in [4.69, 9.17) is 34.5 Å². The smallest absolute Gasteiger partial charge is 0.419 e. The first kappa shape index (κ1) is 23.3. The van der Waals surface area contributed by atoms with Gasteiger partial charge < -0.3 is 10.1 Å². The zero-order valence-electron chi connectivity index (χ0n) is 16.8. The third kappa shape index (κ3) is 4.88. The highest BCUT2D eigenvalue weighted by atomic mass is 35.5. The number of amides is 1. The maximum absolute atomic E-state index is 13.1. The summed E-state index contributed by atoms with van der Waals surface area (Å²) in [5.41, 5.74) is -0.715. The van der Waals surface area contributed by atoms with E-state index in [-0.39, 0.29) is 32.7 Å². The van der Waals surface area contributed by atoms with Crippen molar-refractivity contribution in [2.75, 3.05) is 5.32 Å². The minimum Gasteiger partial charge on any atom is -0.455 e. The molecule has 8 nitrogen and oxygen atoms in total. The fraction of sp³-hybridized carbons (Fsp3) is 0.0952. The van der Waals surface area contributed by atoms with Gasteiger partial charge in [0, 0.05) is 17.4 Å². The number of pyridine rings is 1. The van der Waals surface area contributed by atoms with Gasteiger partial charge in [-0.3, -0.25) is 9.78 Å². The highest BCUT2D eigenvalue weighted by molar-refractivity contribution is 6.33. The first-order chi connectivity index (χ1) is 16.2. The molecule has 1 N–H and O–H groups in total. The van der Waals surface area contributed by atoms with Crippen molar-refractivity contribution >= 4 is 51.5 Å². The van der Waals surface area contributed by atoms with Crippen LogP contribution < -0.4 is 10.1 Å². The van der Waals surface area contributed by atoms with E-state index in [1.807, 2.05) is 0 Å². The number of hydrogen-bond donors (Lipinski definition) is 1. The molecule has 0 aliphatic rings. The van der Waals surface area contributed by atoms with E-state index in [0.29, 0.717) is 11.7 Å². The van der Waals surface area contributed by atoms with E-state index >= 15 is 0 Å². The zero-order chi connectivity index (χ0) is 24.5. The fourth-order valence-corrected chi connectivity index (χ4v) is 3.46. The lowest BCUT2D eigenvalue weighted by molar-refractivity contribution is -0.137. The second-order valence-electron chi connectivity index (χ2n) is 6.82. The molecule has 0 bridgehead atoms. The molecule has 2 aromatic carbocycles. The molecule has 0 aliphatic carbocycles. The van der Waals surface area contributed by atoms with Crippen molar-refractivity contribution in [3.63, 3.8) is 0 Å². The van der Waals surface area contributed by atoms with Crippen LogP contribution in [0.25, 0.3) is 15.9 Å². The van der Waals surface area contributed by atoms with E-state index in [0.717, 1.165) is 12.3 Å². The van der Waals surface area contributed by atoms with Crippen LogP contribution >= 0.6 is 23.2 Å². The molecule has 4 aromatic rings. The molecule has 0 unspecified atom stereocenters. The van der Waals surface area contributed by atoms with Crippen LogP contribution in [0.3, 0.4) is 0 Å². The lowest BCUT2D eigenvalue weighted by Gasteiger charge is -2.13. The molecule has 172 valence electrons. The van der Waals surface area contributed by atoms with Crippen LogP contribution in [0.5, 0.6) is 11.5 Å². The Morgan fingerprint density at radius 3 is 2.74 bits per heavy atom. The van der Waals surface area contributed by atoms with E-state index in [9.17, 15) is 18.0 Å². The van der Waals surface area contributed by atoms with Crippen molar-refractivity contribution in [1.29, 1.82) is 0 Å². The lowest BCUT2D eigenvalue weighted by atomic mass is 10.2. The van der Waals surface area contributed by atoms with Gasteiger partial charge in [0.1, 0.15) is 12.3 Å². The van der Waals surface area contributed by atoms with Crippen LogP contribution in [0.15, 0.2) is 48.8 Å². The molecule has 0 aliphatic heterocycles. The number of hydrogen-bond acceptors (Lipinski definition) is 5. The topological polar surface area (TPSA) is 86.3 Å². The van der Waals surface area contributed by atoms with E-state index in [1.54, 1.807) is 0 Å². The normalized spacial score (nSPS) is 11.3. The highest BCUT2D eigenvalue weighted by Crippen LogP contribution is 2.38. The summed E-state index contributed by atoms with van der Waals surface area (Å²) in [7, 11) is 0. The molecule has 34 heavy (non-hydrogen) atoms. The number of alkyl halides is 3. The van der Waals surface area contributed by atoms with Crippen LogP contribution in [-0.4, -0.2) is 25.9 Å². The van der Waals surface area contributed by atoms with Crippen LogP contribution in [0, 0.1) is 6.57 Å². The van der Waals surface area contributed by atoms with Crippen molar-refractivity contribution in [3.8, 4) is 11.5 Å². The van der Waals surface area contributed by atoms with Crippen molar-refractivity contribution in [1.82, 2.24) is 20.0 Å². The van der Waals surface area contributed by atoms with Gasteiger partial charge in [0.25, 0.3) is 0 Å². The molecule has 0 fully saturated rings. The molecule has 0 spiro atoms. The van der Waals surface area contributed by atoms with Crippen molar-refractivity contribution in [2.24, 2.45) is 0 Å². The molecule has 0 saturated carbocycles. The van der Waals surface area contributed by atoms with Gasteiger partial charge in [-0.1, -0.05) is 28.4 Å². The van der Waals surface area contributed by atoms with Gasteiger partial charge in [-0.2, -0.15) is 13.2 Å². The van der Waals surface area contributed by atoms with Gasteiger partial charge in [0.2, 0.25) is 5.91 Å². The first-order valence-electron chi connectivity index (χ1n) is 9.34. The zero-order valence-corrected chi connectivity index (χ0v) is 18.3. The number of aromatic nitrogens is 4. The van der Waals surface area contributed by atoms with E-state index in [2.05, 4.69) is 25.5 Å². The summed E-state index contributed by atoms with van der Waals surface area (Å²) >= 11 is 12.3. The minimum atomic E-state index is -4.69. The van der Waals surface area contributed by atoms with Crippen LogP contribution in [-0.2, 0) is 17.5 Å². The number of anilines is 1. The van der Waals surface area contributed by atoms with E-state index in [1.165, 1.54) is 35.0 Å². The fourth-order valence-electron chi connectivity index (χ4n) is 3.05. The lowest BCUT2D eigenvalue weighted by Crippen LogP contribution is -2.21. The summed E-state index contributed by atoms with van der Waals surface area (Å²) < 4.78 is 46.4. The molecule has 1 amide bonds. The molecule has 0 radical (unpaired) electrons. The molecule has 2 aromatic heterocycles. The highest BCUT2D eigenvalue weighted by Gasteiger charge is 2.34. The summed E-state index contributed by atoms with van der Waals surface area (Å²) in [4.78, 5) is 19.2. The largest absolute Gasteiger partial charge is 0.455 e. The molecular weight excluding hydrogens is 496 g/mol. The summed E-state index contributed by atoms with van der Waals surface area (Å²) in [6.45, 7) is 6.71. The van der Waals surface area contributed by atoms with Gasteiger partial charge in [0.15, 0.2) is 17.0 Å². The molecule has 0 saturated heterocycles. The van der Waals surface area contributed by atoms with Crippen LogP contribution in [0.4, 0.5) is 24.5 Å². The Hall–Kier alpha value is -3.88. The molecular formula is C21H11Cl2F3N6O2. The predicted octanol–water partition coefficient (Wildman–Crippen LogP) is 6.13. The summed E-state index contributed by atoms with van der Waals surface area (Å²) in [5, 5.41) is 10.6. The number of benzene rings is 2. The van der Waals surface area contributed by atoms with Crippen molar-refractivity contribution in [3.05, 3.63) is 75.8 Å². The van der Waals surface area contributed by atoms with Gasteiger partial charge in [-0.15, -0.1) is 5.10 Å². The Morgan fingerprint density at radius 2 is 2.00 bits per heavy atom. The first-order valence-corrected chi connectivity index (χ1v) is 10.1. The Kier molecular flexibility index (Phi) is 6.28. The quantitative estimate of drug-likeness (QED) is 0.329. The van der Waals surface area contributed by atoms with Gasteiger partial charge >= 0.3 is 6.18 Å². The SMILES string of the molecule is [C-]#[N+]c1cc(Cl)cc(Oc2c(Cl)ccc3c2nnn3CC(=O)Nc2ccncc2C(F)(F)F)c1. The maximum atomic E-state index is 13.1. The van der Waals surface area contributed by atoms with Gasteiger partial charge in [-0.05, 0) is 36.4 Å². The van der Waals surface area contributed by atoms with Crippen molar-refractivity contribution in [2.45, 2.75) is 12.7 Å². The monoisotopic (exact) mass is 506 g/mol. The molecule has 4 rings (SSSR count). The molecule has 13 heteroatoms. The Labute approximate surface area is 199 Å². The predicted molar refractivity (Wildman–Crippen MR) is 118 cm³/mol. The summed E-state index contributed by atoms with van der Waals surface area (Å²) in [5.74, 6) is -0.424. The summed E-state index contributed by atoms with van der Waals surface area (Å²) in [6.07, 6.45) is -2.93. The van der Waals surface area contributed by atoms with E-state index < -0.39 is 29.9 Å². The standard InChI is InChI=1S/C21H11Cl2F3N6O2/c1-27-12-6-11(22)7-13(8-12)34-20-15(23)2-3-17-19(20)30-31-32(17)10-18(33)29-16-4-5-28-9-14(16)21(24,25)26/h2-9H,10H2,(H,28,29,33). The third-order valence-corrected chi connectivity index (χ3v) is 5.01. The number of nitrogens with one attached hydrogen (secondary N) is 1. The number of halogens is 5. The number of rotatable bonds is 5. The number of carbonyl (C=O) groups excluding carboxylic acids is 1. The maximum Gasteiger partial charge on any atom is 0.419 e. The van der Waals surface area contributed by atoms with Gasteiger partial charge in [0.05, 0.1) is 28.4 Å². The molecule has 0 atom stereocenters. The average Bonchev–Trinajstić information content (AvgIpc) is 3.17. The number of carbonyl (C=O) groups is 1. The minimum absolute atomic E-state index is 0.109. The second-order valence-corrected chi connectivity index (χ2v) is 7.66. The Morgan fingerprint density at radius 1 is 1.21 bits per heavy atom. The number of fused-ring (bicyclic) bond motifs is 1.